The minimum atomic E-state index is -1.13. The SMILES string of the molecule is NC1=NC(N)(c2cnc3c(c2)CN(C(=O)C2CCNCC2)CC3)NN1. The van der Waals surface area contributed by atoms with E-state index in [1.165, 1.54) is 0 Å². The first-order valence-corrected chi connectivity index (χ1v) is 8.70. The number of piperidine rings is 1. The summed E-state index contributed by atoms with van der Waals surface area (Å²) in [7, 11) is 0. The highest BCUT2D eigenvalue weighted by Gasteiger charge is 2.34. The fourth-order valence-corrected chi connectivity index (χ4v) is 3.69. The summed E-state index contributed by atoms with van der Waals surface area (Å²) in [4.78, 5) is 23.5. The van der Waals surface area contributed by atoms with Crippen LogP contribution in [0.25, 0.3) is 0 Å². The molecule has 3 aliphatic rings. The number of hydrogen-bond donors (Lipinski definition) is 5. The summed E-state index contributed by atoms with van der Waals surface area (Å²) in [5.41, 5.74) is 20.2. The Bertz CT molecular complexity index is 714. The summed E-state index contributed by atoms with van der Waals surface area (Å²) in [6.07, 6.45) is 4.31. The van der Waals surface area contributed by atoms with Crippen molar-refractivity contribution in [3.8, 4) is 0 Å². The van der Waals surface area contributed by atoms with Gasteiger partial charge in [-0.1, -0.05) is 0 Å². The van der Waals surface area contributed by atoms with E-state index in [1.807, 2.05) is 11.0 Å². The molecule has 7 N–H and O–H groups in total. The van der Waals surface area contributed by atoms with Gasteiger partial charge in [0.15, 0.2) is 0 Å². The third-order valence-corrected chi connectivity index (χ3v) is 5.16. The molecule has 1 aromatic heterocycles. The van der Waals surface area contributed by atoms with E-state index < -0.39 is 5.79 Å². The maximum atomic E-state index is 12.8. The van der Waals surface area contributed by atoms with Crippen molar-refractivity contribution in [2.45, 2.75) is 31.6 Å². The van der Waals surface area contributed by atoms with Crippen molar-refractivity contribution in [2.75, 3.05) is 19.6 Å². The zero-order chi connectivity index (χ0) is 17.4. The van der Waals surface area contributed by atoms with Gasteiger partial charge in [-0.25, -0.2) is 4.99 Å². The van der Waals surface area contributed by atoms with Gasteiger partial charge in [0.2, 0.25) is 17.7 Å². The van der Waals surface area contributed by atoms with Gasteiger partial charge in [-0.3, -0.25) is 20.9 Å². The van der Waals surface area contributed by atoms with Crippen LogP contribution in [0.15, 0.2) is 17.3 Å². The van der Waals surface area contributed by atoms with Crippen molar-refractivity contribution in [3.05, 3.63) is 29.1 Å². The normalized spacial score (nSPS) is 26.8. The molecule has 1 amide bonds. The molecule has 1 unspecified atom stereocenters. The standard InChI is InChI=1S/C16H24N8O/c17-15-21-16(18,23-22-15)12-7-11-9-24(6-3-13(11)20-8-12)14(25)10-1-4-19-5-2-10/h7-8,10,19,23H,1-6,9,18H2,(H3,17,21,22). The van der Waals surface area contributed by atoms with E-state index in [1.54, 1.807) is 6.20 Å². The lowest BCUT2D eigenvalue weighted by Gasteiger charge is -2.33. The van der Waals surface area contributed by atoms with Gasteiger partial charge in [0.1, 0.15) is 0 Å². The Labute approximate surface area is 146 Å². The third-order valence-electron chi connectivity index (χ3n) is 5.16. The fraction of sp³-hybridized carbons (Fsp3) is 0.562. The number of amides is 1. The number of nitrogens with zero attached hydrogens (tertiary/aromatic N) is 3. The van der Waals surface area contributed by atoms with Gasteiger partial charge in [0.05, 0.1) is 0 Å². The predicted octanol–water partition coefficient (Wildman–Crippen LogP) is -1.54. The molecule has 3 aliphatic heterocycles. The maximum Gasteiger partial charge on any atom is 0.226 e. The van der Waals surface area contributed by atoms with E-state index in [4.69, 9.17) is 11.5 Å². The summed E-state index contributed by atoms with van der Waals surface area (Å²) < 4.78 is 0. The van der Waals surface area contributed by atoms with Crippen molar-refractivity contribution in [2.24, 2.45) is 22.4 Å². The average molecular weight is 344 g/mol. The molecule has 1 saturated heterocycles. The Balaban J connectivity index is 1.54. The monoisotopic (exact) mass is 344 g/mol. The molecular formula is C16H24N8O. The Morgan fingerprint density at radius 2 is 2.16 bits per heavy atom. The molecule has 1 fully saturated rings. The van der Waals surface area contributed by atoms with Gasteiger partial charge >= 0.3 is 0 Å². The number of pyridine rings is 1. The Kier molecular flexibility index (Phi) is 4.06. The van der Waals surface area contributed by atoms with Crippen LogP contribution in [-0.4, -0.2) is 41.4 Å². The molecule has 1 atom stereocenters. The van der Waals surface area contributed by atoms with E-state index in [9.17, 15) is 4.79 Å². The number of aliphatic imine (C=N–C) groups is 1. The molecule has 0 aliphatic carbocycles. The van der Waals surface area contributed by atoms with Crippen LogP contribution in [0.3, 0.4) is 0 Å². The summed E-state index contributed by atoms with van der Waals surface area (Å²) in [5.74, 6) is -0.510. The second-order valence-electron chi connectivity index (χ2n) is 6.88. The van der Waals surface area contributed by atoms with Gasteiger partial charge in [-0.15, -0.1) is 0 Å². The van der Waals surface area contributed by atoms with E-state index in [0.717, 1.165) is 55.7 Å². The fourth-order valence-electron chi connectivity index (χ4n) is 3.69. The molecule has 134 valence electrons. The van der Waals surface area contributed by atoms with Gasteiger partial charge in [-0.2, -0.15) is 5.43 Å². The van der Waals surface area contributed by atoms with E-state index in [0.29, 0.717) is 6.54 Å². The molecule has 1 aromatic rings. The van der Waals surface area contributed by atoms with Crippen LogP contribution in [0.2, 0.25) is 0 Å². The molecule has 25 heavy (non-hydrogen) atoms. The minimum Gasteiger partial charge on any atom is -0.369 e. The molecule has 9 nitrogen and oxygen atoms in total. The second-order valence-corrected chi connectivity index (χ2v) is 6.88. The number of hydrazine groups is 1. The number of aromatic nitrogens is 1. The van der Waals surface area contributed by atoms with Crippen LogP contribution in [0.4, 0.5) is 0 Å². The first-order valence-electron chi connectivity index (χ1n) is 8.70. The van der Waals surface area contributed by atoms with E-state index in [2.05, 4.69) is 26.1 Å². The van der Waals surface area contributed by atoms with Crippen LogP contribution in [-0.2, 0) is 23.5 Å². The molecule has 0 aromatic carbocycles. The van der Waals surface area contributed by atoms with Crippen molar-refractivity contribution in [3.63, 3.8) is 0 Å². The quantitative estimate of drug-likeness (QED) is 0.439. The van der Waals surface area contributed by atoms with Gasteiger partial charge < -0.3 is 16.0 Å². The lowest BCUT2D eigenvalue weighted by Crippen LogP contribution is -2.51. The van der Waals surface area contributed by atoms with Crippen LogP contribution < -0.4 is 27.6 Å². The topological polar surface area (TPSA) is 134 Å². The maximum absolute atomic E-state index is 12.8. The van der Waals surface area contributed by atoms with Crippen LogP contribution >= 0.6 is 0 Å². The molecule has 9 heteroatoms. The minimum absolute atomic E-state index is 0.130. The third kappa shape index (κ3) is 3.06. The molecular weight excluding hydrogens is 320 g/mol. The number of nitrogens with one attached hydrogen (secondary N) is 3. The molecule has 0 saturated carbocycles. The summed E-state index contributed by atoms with van der Waals surface area (Å²) in [6, 6.07) is 1.97. The molecule has 4 rings (SSSR count). The summed E-state index contributed by atoms with van der Waals surface area (Å²) in [5, 5.41) is 3.30. The smallest absolute Gasteiger partial charge is 0.226 e. The number of guanidine groups is 1. The van der Waals surface area contributed by atoms with E-state index >= 15 is 0 Å². The first-order chi connectivity index (χ1) is 12.0. The summed E-state index contributed by atoms with van der Waals surface area (Å²) in [6.45, 7) is 3.13. The van der Waals surface area contributed by atoms with Crippen LogP contribution in [0.1, 0.15) is 29.7 Å². The largest absolute Gasteiger partial charge is 0.369 e. The van der Waals surface area contributed by atoms with Crippen molar-refractivity contribution in [1.82, 2.24) is 26.1 Å². The number of fused-ring (bicyclic) bond motifs is 1. The highest BCUT2D eigenvalue weighted by atomic mass is 16.2. The van der Waals surface area contributed by atoms with Gasteiger partial charge in [0.25, 0.3) is 0 Å². The Morgan fingerprint density at radius 1 is 1.36 bits per heavy atom. The zero-order valence-corrected chi connectivity index (χ0v) is 14.1. The lowest BCUT2D eigenvalue weighted by atomic mass is 9.94. The van der Waals surface area contributed by atoms with Crippen molar-refractivity contribution in [1.29, 1.82) is 0 Å². The highest BCUT2D eigenvalue weighted by Crippen LogP contribution is 2.26. The summed E-state index contributed by atoms with van der Waals surface area (Å²) >= 11 is 0. The predicted molar refractivity (Wildman–Crippen MR) is 92.7 cm³/mol. The Morgan fingerprint density at radius 3 is 2.88 bits per heavy atom. The van der Waals surface area contributed by atoms with Gasteiger partial charge in [0, 0.05) is 42.9 Å². The van der Waals surface area contributed by atoms with Crippen LogP contribution in [0.5, 0.6) is 0 Å². The van der Waals surface area contributed by atoms with Gasteiger partial charge in [-0.05, 0) is 37.6 Å². The van der Waals surface area contributed by atoms with Crippen LogP contribution in [0, 0.1) is 5.92 Å². The number of hydrogen-bond acceptors (Lipinski definition) is 8. The average Bonchev–Trinajstić information content (AvgIpc) is 3.01. The molecule has 0 radical (unpaired) electrons. The molecule has 0 bridgehead atoms. The molecule has 4 heterocycles. The van der Waals surface area contributed by atoms with E-state index in [-0.39, 0.29) is 17.8 Å². The zero-order valence-electron chi connectivity index (χ0n) is 14.1. The number of rotatable bonds is 2. The Hall–Kier alpha value is -2.23. The first kappa shape index (κ1) is 16.2. The number of nitrogens with two attached hydrogens (primary N) is 2. The number of carbonyl (C=O) groups is 1. The molecule has 0 spiro atoms. The lowest BCUT2D eigenvalue weighted by molar-refractivity contribution is -0.137. The van der Waals surface area contributed by atoms with Crippen molar-refractivity contribution >= 4 is 11.9 Å². The van der Waals surface area contributed by atoms with Crippen molar-refractivity contribution < 1.29 is 4.79 Å². The number of carbonyl (C=O) groups excluding carboxylic acids is 1. The second kappa shape index (κ2) is 6.25. The highest BCUT2D eigenvalue weighted by molar-refractivity contribution is 5.80.